The van der Waals surface area contributed by atoms with Crippen molar-refractivity contribution in [2.75, 3.05) is 37.8 Å². The summed E-state index contributed by atoms with van der Waals surface area (Å²) in [4.78, 5) is 87.6. The molecule has 1 saturated heterocycles. The second-order valence-corrected chi connectivity index (χ2v) is 18.8. The molecule has 3 rings (SSSR count). The zero-order chi connectivity index (χ0) is 42.1. The van der Waals surface area contributed by atoms with Gasteiger partial charge in [0.25, 0.3) is 0 Å². The van der Waals surface area contributed by atoms with Gasteiger partial charge in [0.1, 0.15) is 36.3 Å². The highest BCUT2D eigenvalue weighted by molar-refractivity contribution is 8.13. The molecule has 56 heavy (non-hydrogen) atoms. The van der Waals surface area contributed by atoms with Crippen LogP contribution in [-0.2, 0) is 50.7 Å². The van der Waals surface area contributed by atoms with Crippen LogP contribution in [0.15, 0.2) is 12.7 Å². The molecule has 1 aliphatic rings. The van der Waals surface area contributed by atoms with Crippen LogP contribution in [0.5, 0.6) is 0 Å². The minimum absolute atomic E-state index is 0.0319. The van der Waals surface area contributed by atoms with E-state index in [-0.39, 0.29) is 47.5 Å². The first kappa shape index (κ1) is 47.9. The average molecular weight is 880 g/mol. The number of thioether (sulfide) groups is 1. The standard InChI is InChI=1S/C28H48N7O17P3S/c1-5-6-16(2)11-19(37)56-10-9-30-18(36)7-8-31-26(40)23(39)28(3,4)13-49-55(46,47)52-54(44,45)48-12-17-22(51-53(41,42)43)21(38)27(50-17)35-15-34-20-24(29)32-14-33-25(20)35/h14-17,21-23,27,38-39H,5-13H2,1-4H3,(H,30,36)(H,31,40)(H,44,45)(H,46,47)(H2,29,32,33)(H2,41,42,43). The van der Waals surface area contributed by atoms with Gasteiger partial charge in [-0.3, -0.25) is 32.5 Å². The van der Waals surface area contributed by atoms with Crippen molar-refractivity contribution in [3.8, 4) is 0 Å². The second-order valence-electron chi connectivity index (χ2n) is 13.4. The monoisotopic (exact) mass is 879 g/mol. The third kappa shape index (κ3) is 14.7. The molecule has 0 aromatic carbocycles. The fraction of sp³-hybridized carbons (Fsp3) is 0.714. The van der Waals surface area contributed by atoms with Gasteiger partial charge in [0.2, 0.25) is 11.8 Å². The number of carbonyl (C=O) groups is 3. The van der Waals surface area contributed by atoms with Gasteiger partial charge in [0.05, 0.1) is 19.5 Å². The number of anilines is 1. The topological polar surface area (TPSA) is 364 Å². The van der Waals surface area contributed by atoms with Gasteiger partial charge in [-0.05, 0) is 5.92 Å². The Balaban J connectivity index is 1.48. The number of nitrogens with zero attached hydrogens (tertiary/aromatic N) is 4. The number of imidazole rings is 1. The summed E-state index contributed by atoms with van der Waals surface area (Å²) < 4.78 is 62.1. The number of hydrogen-bond acceptors (Lipinski definition) is 18. The molecular formula is C28H48N7O17P3S. The number of phosphoric acid groups is 3. The maximum atomic E-state index is 12.7. The van der Waals surface area contributed by atoms with E-state index in [0.717, 1.165) is 41.8 Å². The number of nitrogen functional groups attached to an aromatic ring is 1. The summed E-state index contributed by atoms with van der Waals surface area (Å²) in [6, 6.07) is 0. The van der Waals surface area contributed by atoms with Gasteiger partial charge in [-0.15, -0.1) is 0 Å². The fourth-order valence-electron chi connectivity index (χ4n) is 5.23. The van der Waals surface area contributed by atoms with E-state index < -0.39 is 84.6 Å². The summed E-state index contributed by atoms with van der Waals surface area (Å²) in [7, 11) is -16.4. The van der Waals surface area contributed by atoms with Crippen molar-refractivity contribution < 1.29 is 80.5 Å². The Morgan fingerprint density at radius 3 is 2.41 bits per heavy atom. The van der Waals surface area contributed by atoms with Gasteiger partial charge in [0, 0.05) is 37.1 Å². The highest BCUT2D eigenvalue weighted by atomic mass is 32.2. The van der Waals surface area contributed by atoms with E-state index >= 15 is 0 Å². The second kappa shape index (κ2) is 20.5. The summed E-state index contributed by atoms with van der Waals surface area (Å²) >= 11 is 1.12. The largest absolute Gasteiger partial charge is 0.481 e. The predicted molar refractivity (Wildman–Crippen MR) is 196 cm³/mol. The van der Waals surface area contributed by atoms with Gasteiger partial charge in [-0.1, -0.05) is 52.3 Å². The van der Waals surface area contributed by atoms with E-state index in [9.17, 15) is 57.9 Å². The molecule has 3 heterocycles. The van der Waals surface area contributed by atoms with Crippen LogP contribution in [0.3, 0.4) is 0 Å². The number of nitrogens with one attached hydrogen (secondary N) is 2. The Morgan fingerprint density at radius 2 is 1.75 bits per heavy atom. The molecule has 24 nitrogen and oxygen atoms in total. The number of phosphoric ester groups is 3. The molecule has 8 unspecified atom stereocenters. The van der Waals surface area contributed by atoms with Crippen molar-refractivity contribution >= 4 is 69.1 Å². The van der Waals surface area contributed by atoms with Crippen LogP contribution in [0, 0.1) is 11.3 Å². The van der Waals surface area contributed by atoms with Gasteiger partial charge in [-0.2, -0.15) is 4.31 Å². The molecule has 2 aromatic rings. The molecular weight excluding hydrogens is 831 g/mol. The third-order valence-electron chi connectivity index (χ3n) is 8.06. The van der Waals surface area contributed by atoms with Crippen molar-refractivity contribution in [2.45, 2.75) is 84.0 Å². The van der Waals surface area contributed by atoms with E-state index in [1.807, 2.05) is 13.8 Å². The number of ether oxygens (including phenoxy) is 1. The quantitative estimate of drug-likeness (QED) is 0.0542. The molecule has 8 atom stereocenters. The molecule has 0 aliphatic carbocycles. The highest BCUT2D eigenvalue weighted by Crippen LogP contribution is 2.61. The number of carbonyl (C=O) groups excluding carboxylic acids is 3. The van der Waals surface area contributed by atoms with Crippen molar-refractivity contribution in [1.82, 2.24) is 30.2 Å². The number of nitrogens with two attached hydrogens (primary N) is 1. The average Bonchev–Trinajstić information content (AvgIpc) is 3.64. The summed E-state index contributed by atoms with van der Waals surface area (Å²) in [5, 5.41) is 26.4. The lowest BCUT2D eigenvalue weighted by molar-refractivity contribution is -0.137. The minimum Gasteiger partial charge on any atom is -0.386 e. The molecule has 0 saturated carbocycles. The van der Waals surface area contributed by atoms with E-state index in [1.54, 1.807) is 0 Å². The molecule has 1 aliphatic heterocycles. The SMILES string of the molecule is CCCC(C)CC(=O)SCCNC(=O)CCNC(=O)C(O)C(C)(C)COP(=O)(O)OP(=O)(O)OCC1OC(n2cnc3c(N)ncnc32)C(O)C1OP(=O)(O)O. The number of rotatable bonds is 23. The lowest BCUT2D eigenvalue weighted by Crippen LogP contribution is -2.46. The fourth-order valence-corrected chi connectivity index (χ4v) is 8.90. The van der Waals surface area contributed by atoms with Crippen molar-refractivity contribution in [2.24, 2.45) is 11.3 Å². The Bertz CT molecular complexity index is 1820. The van der Waals surface area contributed by atoms with Crippen LogP contribution in [0.2, 0.25) is 0 Å². The number of aliphatic hydroxyl groups excluding tert-OH is 2. The smallest absolute Gasteiger partial charge is 0.386 e. The molecule has 2 amide bonds. The maximum absolute atomic E-state index is 12.7. The van der Waals surface area contributed by atoms with Gasteiger partial charge in [0.15, 0.2) is 22.8 Å². The maximum Gasteiger partial charge on any atom is 0.481 e. The van der Waals surface area contributed by atoms with Crippen molar-refractivity contribution in [3.63, 3.8) is 0 Å². The van der Waals surface area contributed by atoms with E-state index in [0.29, 0.717) is 12.2 Å². The molecule has 10 N–H and O–H groups in total. The molecule has 1 fully saturated rings. The third-order valence-corrected chi connectivity index (χ3v) is 12.1. The van der Waals surface area contributed by atoms with E-state index in [1.165, 1.54) is 13.8 Å². The van der Waals surface area contributed by atoms with E-state index in [2.05, 4.69) is 34.4 Å². The lowest BCUT2D eigenvalue weighted by atomic mass is 9.87. The molecule has 0 spiro atoms. The van der Waals surface area contributed by atoms with Crippen LogP contribution >= 0.6 is 35.2 Å². The van der Waals surface area contributed by atoms with Crippen LogP contribution in [0.25, 0.3) is 11.2 Å². The number of hydrogen-bond donors (Lipinski definition) is 9. The van der Waals surface area contributed by atoms with Crippen LogP contribution in [0.1, 0.15) is 59.6 Å². The Hall–Kier alpha value is -2.44. The molecule has 0 bridgehead atoms. The number of fused-ring (bicyclic) bond motifs is 1. The van der Waals surface area contributed by atoms with E-state index in [4.69, 9.17) is 19.5 Å². The molecule has 0 radical (unpaired) electrons. The Kier molecular flexibility index (Phi) is 17.5. The number of aliphatic hydroxyl groups is 2. The van der Waals surface area contributed by atoms with Gasteiger partial charge >= 0.3 is 23.5 Å². The molecule has 318 valence electrons. The lowest BCUT2D eigenvalue weighted by Gasteiger charge is -2.30. The number of amides is 2. The predicted octanol–water partition coefficient (Wildman–Crippen LogP) is 0.491. The zero-order valence-electron chi connectivity index (χ0n) is 30.8. The molecule has 2 aromatic heterocycles. The molecule has 28 heteroatoms. The first-order chi connectivity index (χ1) is 25.9. The summed E-state index contributed by atoms with van der Waals surface area (Å²) in [6.45, 7) is 4.59. The summed E-state index contributed by atoms with van der Waals surface area (Å²) in [6.07, 6.45) is -4.49. The van der Waals surface area contributed by atoms with Crippen LogP contribution in [0.4, 0.5) is 5.82 Å². The van der Waals surface area contributed by atoms with Crippen LogP contribution < -0.4 is 16.4 Å². The van der Waals surface area contributed by atoms with Gasteiger partial charge < -0.3 is 50.9 Å². The first-order valence-corrected chi connectivity index (χ1v) is 22.5. The normalized spacial score (nSPS) is 22.2. The minimum atomic E-state index is -5.57. The Labute approximate surface area is 325 Å². The van der Waals surface area contributed by atoms with Gasteiger partial charge in [-0.25, -0.2) is 28.6 Å². The van der Waals surface area contributed by atoms with Crippen molar-refractivity contribution in [3.05, 3.63) is 12.7 Å². The van der Waals surface area contributed by atoms with Crippen molar-refractivity contribution in [1.29, 1.82) is 0 Å². The first-order valence-electron chi connectivity index (χ1n) is 17.0. The highest BCUT2D eigenvalue weighted by Gasteiger charge is 2.50. The number of aromatic nitrogens is 4. The Morgan fingerprint density at radius 1 is 1.07 bits per heavy atom. The summed E-state index contributed by atoms with van der Waals surface area (Å²) in [5.74, 6) is -0.766. The van der Waals surface area contributed by atoms with Crippen LogP contribution in [-0.4, -0.2) is 123 Å². The zero-order valence-corrected chi connectivity index (χ0v) is 34.3. The summed E-state index contributed by atoms with van der Waals surface area (Å²) in [5.41, 5.74) is 4.27.